The molecule has 12 nitrogen and oxygen atoms in total. The van der Waals surface area contributed by atoms with Gasteiger partial charge >= 0.3 is 16.4 Å². The van der Waals surface area contributed by atoms with Crippen molar-refractivity contribution in [1.82, 2.24) is 0 Å². The van der Waals surface area contributed by atoms with Gasteiger partial charge in [0.15, 0.2) is 6.29 Å². The van der Waals surface area contributed by atoms with Crippen molar-refractivity contribution in [3.8, 4) is 0 Å². The number of rotatable bonds is 37. The van der Waals surface area contributed by atoms with Crippen molar-refractivity contribution in [2.45, 2.75) is 211 Å². The van der Waals surface area contributed by atoms with Crippen LogP contribution in [0.25, 0.3) is 0 Å². The standard InChI is InChI=1S/C42H78O12S/c1-3-5-7-9-11-12-13-14-15-16-17-18-19-20-21-22-23-24-25-27-29-31-38(44)52-36(34-50-32-30-28-26-10-8-6-4-2)35-51-42-40(46)41(54-55(47,48)49)39(45)37(33-43)53-42/h13-14,16-17,36-37,39-43,45-46H,3-12,15,18-35H2,1-2H3,(H,47,48,49)/b14-13-,17-16-. The van der Waals surface area contributed by atoms with Crippen LogP contribution in [-0.2, 0) is 38.3 Å². The summed E-state index contributed by atoms with van der Waals surface area (Å²) in [5, 5.41) is 30.5. The minimum Gasteiger partial charge on any atom is -0.457 e. The Morgan fingerprint density at radius 3 is 1.73 bits per heavy atom. The molecule has 13 heteroatoms. The fourth-order valence-electron chi connectivity index (χ4n) is 6.53. The Morgan fingerprint density at radius 1 is 0.691 bits per heavy atom. The summed E-state index contributed by atoms with van der Waals surface area (Å²) in [5.41, 5.74) is 0. The van der Waals surface area contributed by atoms with Gasteiger partial charge in [-0.1, -0.05) is 147 Å². The first-order chi connectivity index (χ1) is 26.6. The third-order valence-electron chi connectivity index (χ3n) is 9.83. The van der Waals surface area contributed by atoms with E-state index in [1.807, 2.05) is 0 Å². The summed E-state index contributed by atoms with van der Waals surface area (Å²) in [6, 6.07) is 0. The smallest absolute Gasteiger partial charge is 0.397 e. The molecule has 0 radical (unpaired) electrons. The average Bonchev–Trinajstić information content (AvgIpc) is 3.15. The summed E-state index contributed by atoms with van der Waals surface area (Å²) in [4.78, 5) is 12.8. The molecule has 55 heavy (non-hydrogen) atoms. The molecule has 1 aliphatic rings. The van der Waals surface area contributed by atoms with E-state index in [2.05, 4.69) is 42.3 Å². The highest BCUT2D eigenvalue weighted by Crippen LogP contribution is 2.26. The van der Waals surface area contributed by atoms with Crippen LogP contribution in [0.5, 0.6) is 0 Å². The van der Waals surface area contributed by atoms with Crippen LogP contribution in [0.3, 0.4) is 0 Å². The molecule has 6 atom stereocenters. The maximum Gasteiger partial charge on any atom is 0.397 e. The molecule has 1 heterocycles. The van der Waals surface area contributed by atoms with E-state index in [0.29, 0.717) is 13.0 Å². The van der Waals surface area contributed by atoms with Gasteiger partial charge < -0.3 is 34.3 Å². The predicted octanol–water partition coefficient (Wildman–Crippen LogP) is 8.46. The van der Waals surface area contributed by atoms with Gasteiger partial charge in [0.05, 0.1) is 19.8 Å². The van der Waals surface area contributed by atoms with Crippen molar-refractivity contribution in [1.29, 1.82) is 0 Å². The second-order valence-corrected chi connectivity index (χ2v) is 16.0. The minimum absolute atomic E-state index is 0.0360. The Bertz CT molecular complexity index is 1070. The molecular weight excluding hydrogens is 729 g/mol. The minimum atomic E-state index is -5.05. The molecule has 1 saturated heterocycles. The first-order valence-corrected chi connectivity index (χ1v) is 23.0. The van der Waals surface area contributed by atoms with E-state index in [-0.39, 0.29) is 19.6 Å². The lowest BCUT2D eigenvalue weighted by Crippen LogP contribution is -2.60. The van der Waals surface area contributed by atoms with Gasteiger partial charge in [-0.05, 0) is 44.9 Å². The monoisotopic (exact) mass is 807 g/mol. The SMILES string of the molecule is CCCCCCC/C=C\C/C=C\CCCCCCCCCCCC(=O)OC(COCCCCCCCCC)COC1OC(CO)C(O)C(OS(=O)(=O)O)C1O. The van der Waals surface area contributed by atoms with Crippen molar-refractivity contribution in [3.63, 3.8) is 0 Å². The fraction of sp³-hybridized carbons (Fsp3) is 0.881. The number of ether oxygens (including phenoxy) is 4. The van der Waals surface area contributed by atoms with Crippen LogP contribution in [0.4, 0.5) is 0 Å². The van der Waals surface area contributed by atoms with Crippen molar-refractivity contribution in [2.24, 2.45) is 0 Å². The van der Waals surface area contributed by atoms with Crippen molar-refractivity contribution < 1.29 is 56.2 Å². The van der Waals surface area contributed by atoms with Crippen LogP contribution in [0.1, 0.15) is 174 Å². The van der Waals surface area contributed by atoms with Gasteiger partial charge in [-0.2, -0.15) is 8.42 Å². The number of hydrogen-bond donors (Lipinski definition) is 4. The van der Waals surface area contributed by atoms with E-state index in [1.54, 1.807) is 0 Å². The molecule has 0 amide bonds. The van der Waals surface area contributed by atoms with Crippen molar-refractivity contribution in [3.05, 3.63) is 24.3 Å². The fourth-order valence-corrected chi connectivity index (χ4v) is 7.03. The van der Waals surface area contributed by atoms with E-state index in [1.165, 1.54) is 96.3 Å². The summed E-state index contributed by atoms with van der Waals surface area (Å²) >= 11 is 0. The summed E-state index contributed by atoms with van der Waals surface area (Å²) in [5.74, 6) is -0.405. The Balaban J connectivity index is 2.35. The van der Waals surface area contributed by atoms with E-state index in [4.69, 9.17) is 23.5 Å². The van der Waals surface area contributed by atoms with Gasteiger partial charge in [0.1, 0.15) is 30.5 Å². The normalized spacial score (nSPS) is 21.2. The quantitative estimate of drug-likeness (QED) is 0.0204. The topological polar surface area (TPSA) is 178 Å². The second-order valence-electron chi connectivity index (χ2n) is 14.9. The molecule has 4 N–H and O–H groups in total. The number of hydrogen-bond acceptors (Lipinski definition) is 11. The second kappa shape index (κ2) is 34.6. The molecule has 1 rings (SSSR count). The van der Waals surface area contributed by atoms with Crippen LogP contribution >= 0.6 is 0 Å². The highest BCUT2D eigenvalue weighted by atomic mass is 32.3. The van der Waals surface area contributed by atoms with E-state index >= 15 is 0 Å². The summed E-state index contributed by atoms with van der Waals surface area (Å²) in [6.07, 6.45) is 28.1. The Kier molecular flexibility index (Phi) is 32.5. The van der Waals surface area contributed by atoms with Gasteiger partial charge in [-0.15, -0.1) is 0 Å². The highest BCUT2D eigenvalue weighted by molar-refractivity contribution is 7.80. The Hall–Kier alpha value is -1.42. The first-order valence-electron chi connectivity index (χ1n) is 21.6. The number of aliphatic hydroxyl groups excluding tert-OH is 3. The molecule has 6 unspecified atom stereocenters. The van der Waals surface area contributed by atoms with Gasteiger partial charge in [0, 0.05) is 13.0 Å². The number of aliphatic hydroxyl groups is 3. The largest absolute Gasteiger partial charge is 0.457 e. The number of carbonyl (C=O) groups is 1. The van der Waals surface area contributed by atoms with E-state index < -0.39 is 59.8 Å². The highest BCUT2D eigenvalue weighted by Gasteiger charge is 2.48. The summed E-state index contributed by atoms with van der Waals surface area (Å²) < 4.78 is 58.7. The molecule has 324 valence electrons. The molecule has 1 aliphatic heterocycles. The van der Waals surface area contributed by atoms with E-state index in [9.17, 15) is 28.5 Å². The third-order valence-corrected chi connectivity index (χ3v) is 10.3. The zero-order chi connectivity index (χ0) is 40.4. The van der Waals surface area contributed by atoms with Crippen LogP contribution in [0.2, 0.25) is 0 Å². The lowest BCUT2D eigenvalue weighted by Gasteiger charge is -2.41. The molecule has 0 aromatic carbocycles. The molecule has 0 aliphatic carbocycles. The van der Waals surface area contributed by atoms with Crippen molar-refractivity contribution in [2.75, 3.05) is 26.4 Å². The maximum absolute atomic E-state index is 12.8. The molecule has 0 aromatic rings. The average molecular weight is 807 g/mol. The number of esters is 1. The number of unbranched alkanes of at least 4 members (excludes halogenated alkanes) is 20. The summed E-state index contributed by atoms with van der Waals surface area (Å²) in [7, 11) is -5.05. The van der Waals surface area contributed by atoms with Crippen LogP contribution in [0.15, 0.2) is 24.3 Å². The van der Waals surface area contributed by atoms with Crippen molar-refractivity contribution >= 4 is 16.4 Å². The summed E-state index contributed by atoms with van der Waals surface area (Å²) in [6.45, 7) is 3.93. The van der Waals surface area contributed by atoms with Crippen LogP contribution < -0.4 is 0 Å². The van der Waals surface area contributed by atoms with Gasteiger partial charge in [0.25, 0.3) is 0 Å². The van der Waals surface area contributed by atoms with Crippen LogP contribution in [0, 0.1) is 0 Å². The molecule has 0 aromatic heterocycles. The number of carbonyl (C=O) groups excluding carboxylic acids is 1. The van der Waals surface area contributed by atoms with Gasteiger partial charge in [-0.3, -0.25) is 9.35 Å². The Labute approximate surface area is 333 Å². The van der Waals surface area contributed by atoms with Gasteiger partial charge in [0.2, 0.25) is 0 Å². The molecule has 0 spiro atoms. The van der Waals surface area contributed by atoms with Gasteiger partial charge in [-0.25, -0.2) is 4.18 Å². The number of allylic oxidation sites excluding steroid dienone is 4. The van der Waals surface area contributed by atoms with E-state index in [0.717, 1.165) is 51.4 Å². The lowest BCUT2D eigenvalue weighted by molar-refractivity contribution is -0.301. The molecule has 0 bridgehead atoms. The lowest BCUT2D eigenvalue weighted by atomic mass is 9.99. The zero-order valence-electron chi connectivity index (χ0n) is 34.2. The molecular formula is C42H78O12S. The van der Waals surface area contributed by atoms with Crippen LogP contribution in [-0.4, -0.2) is 97.5 Å². The first kappa shape index (κ1) is 51.6. The maximum atomic E-state index is 12.8. The third kappa shape index (κ3) is 28.6. The molecule has 1 fully saturated rings. The zero-order valence-corrected chi connectivity index (χ0v) is 35.1. The predicted molar refractivity (Wildman–Crippen MR) is 216 cm³/mol. The molecule has 0 saturated carbocycles. The Morgan fingerprint density at radius 2 is 1.20 bits per heavy atom.